The van der Waals surface area contributed by atoms with Crippen LogP contribution in [-0.4, -0.2) is 42.3 Å². The first-order chi connectivity index (χ1) is 10.3. The highest BCUT2D eigenvalue weighted by Crippen LogP contribution is 2.17. The molecular formula is C16H25NO4S. The third kappa shape index (κ3) is 7.56. The molecule has 0 saturated heterocycles. The fourth-order valence-corrected chi connectivity index (χ4v) is 2.67. The van der Waals surface area contributed by atoms with Crippen molar-refractivity contribution in [2.24, 2.45) is 0 Å². The third-order valence-corrected chi connectivity index (χ3v) is 3.86. The first-order valence-electron chi connectivity index (χ1n) is 7.15. The highest BCUT2D eigenvalue weighted by molar-refractivity contribution is 7.98. The summed E-state index contributed by atoms with van der Waals surface area (Å²) in [5.41, 5.74) is 0.625. The number of nitrogens with one attached hydrogen (secondary N) is 1. The Kier molecular flexibility index (Phi) is 7.55. The molecule has 0 aromatic heterocycles. The van der Waals surface area contributed by atoms with Gasteiger partial charge in [-0.05, 0) is 38.5 Å². The van der Waals surface area contributed by atoms with Crippen LogP contribution in [0.3, 0.4) is 0 Å². The summed E-state index contributed by atoms with van der Waals surface area (Å²) in [6, 6.07) is 7.51. The van der Waals surface area contributed by atoms with E-state index < -0.39 is 11.7 Å². The van der Waals surface area contributed by atoms with E-state index in [1.165, 1.54) is 5.56 Å². The van der Waals surface area contributed by atoms with Crippen molar-refractivity contribution in [3.8, 4) is 5.75 Å². The van der Waals surface area contributed by atoms with Crippen molar-refractivity contribution >= 4 is 17.9 Å². The maximum Gasteiger partial charge on any atom is 0.407 e. The summed E-state index contributed by atoms with van der Waals surface area (Å²) in [4.78, 5) is 11.7. The molecule has 0 saturated carbocycles. The van der Waals surface area contributed by atoms with E-state index in [4.69, 9.17) is 9.47 Å². The van der Waals surface area contributed by atoms with E-state index in [1.54, 1.807) is 39.6 Å². The molecule has 0 aliphatic heterocycles. The lowest BCUT2D eigenvalue weighted by atomic mass is 10.2. The number of methoxy groups -OCH3 is 1. The van der Waals surface area contributed by atoms with Gasteiger partial charge in [-0.25, -0.2) is 4.79 Å². The molecule has 1 atom stereocenters. The van der Waals surface area contributed by atoms with Gasteiger partial charge >= 0.3 is 6.09 Å². The predicted molar refractivity (Wildman–Crippen MR) is 89.4 cm³/mol. The molecule has 1 unspecified atom stereocenters. The Hall–Kier alpha value is -1.40. The number of aliphatic hydroxyl groups is 1. The lowest BCUT2D eigenvalue weighted by Gasteiger charge is -2.22. The van der Waals surface area contributed by atoms with Crippen LogP contribution in [0.4, 0.5) is 4.79 Å². The second-order valence-corrected chi connectivity index (χ2v) is 6.92. The number of alkyl carbamates (subject to hydrolysis) is 1. The van der Waals surface area contributed by atoms with Crippen molar-refractivity contribution in [3.05, 3.63) is 29.8 Å². The molecule has 6 heteroatoms. The van der Waals surface area contributed by atoms with E-state index in [2.05, 4.69) is 5.32 Å². The van der Waals surface area contributed by atoms with Gasteiger partial charge in [-0.3, -0.25) is 0 Å². The molecule has 1 rings (SSSR count). The largest absolute Gasteiger partial charge is 0.497 e. The van der Waals surface area contributed by atoms with Crippen molar-refractivity contribution in [2.75, 3.05) is 19.5 Å². The minimum Gasteiger partial charge on any atom is -0.497 e. The van der Waals surface area contributed by atoms with Crippen molar-refractivity contribution in [1.82, 2.24) is 5.32 Å². The molecular weight excluding hydrogens is 302 g/mol. The lowest BCUT2D eigenvalue weighted by molar-refractivity contribution is 0.0491. The summed E-state index contributed by atoms with van der Waals surface area (Å²) in [6.45, 7) is 5.30. The van der Waals surface area contributed by atoms with E-state index >= 15 is 0 Å². The lowest BCUT2D eigenvalue weighted by Crippen LogP contribution is -2.42. The molecule has 0 aliphatic rings. The van der Waals surface area contributed by atoms with E-state index in [0.29, 0.717) is 5.75 Å². The highest BCUT2D eigenvalue weighted by atomic mass is 32.2. The van der Waals surface area contributed by atoms with Gasteiger partial charge < -0.3 is 19.9 Å². The van der Waals surface area contributed by atoms with Gasteiger partial charge in [0.15, 0.2) is 0 Å². The Morgan fingerprint density at radius 2 is 1.95 bits per heavy atom. The van der Waals surface area contributed by atoms with Crippen LogP contribution in [0.2, 0.25) is 0 Å². The van der Waals surface area contributed by atoms with Crippen LogP contribution in [0.15, 0.2) is 24.3 Å². The number of hydrogen-bond donors (Lipinski definition) is 2. The summed E-state index contributed by atoms with van der Waals surface area (Å²) in [7, 11) is 1.64. The number of benzene rings is 1. The van der Waals surface area contributed by atoms with Gasteiger partial charge in [0.05, 0.1) is 19.8 Å². The first-order valence-corrected chi connectivity index (χ1v) is 8.30. The van der Waals surface area contributed by atoms with Gasteiger partial charge in [0.1, 0.15) is 11.4 Å². The van der Waals surface area contributed by atoms with Crippen LogP contribution in [0.1, 0.15) is 26.3 Å². The molecule has 0 heterocycles. The number of rotatable bonds is 7. The van der Waals surface area contributed by atoms with Crippen molar-refractivity contribution in [3.63, 3.8) is 0 Å². The monoisotopic (exact) mass is 327 g/mol. The Balaban J connectivity index is 2.35. The highest BCUT2D eigenvalue weighted by Gasteiger charge is 2.19. The SMILES string of the molecule is COc1ccc(CSCC(CO)NC(=O)OC(C)(C)C)cc1. The summed E-state index contributed by atoms with van der Waals surface area (Å²) in [5, 5.41) is 12.0. The number of hydrogen-bond acceptors (Lipinski definition) is 5. The van der Waals surface area contributed by atoms with Crippen molar-refractivity contribution in [1.29, 1.82) is 0 Å². The number of amides is 1. The Bertz CT molecular complexity index is 456. The predicted octanol–water partition coefficient (Wildman–Crippen LogP) is 2.81. The topological polar surface area (TPSA) is 67.8 Å². The minimum atomic E-state index is -0.541. The quantitative estimate of drug-likeness (QED) is 0.806. The average molecular weight is 327 g/mol. The van der Waals surface area contributed by atoms with Crippen molar-refractivity contribution in [2.45, 2.75) is 38.2 Å². The Morgan fingerprint density at radius 3 is 2.45 bits per heavy atom. The Morgan fingerprint density at radius 1 is 1.32 bits per heavy atom. The van der Waals surface area contributed by atoms with E-state index in [-0.39, 0.29) is 12.6 Å². The van der Waals surface area contributed by atoms with Gasteiger partial charge in [0.2, 0.25) is 0 Å². The van der Waals surface area contributed by atoms with Gasteiger partial charge in [0, 0.05) is 11.5 Å². The average Bonchev–Trinajstić information content (AvgIpc) is 2.45. The number of carbonyl (C=O) groups excluding carboxylic acids is 1. The maximum atomic E-state index is 11.7. The zero-order valence-corrected chi connectivity index (χ0v) is 14.4. The fourth-order valence-electron chi connectivity index (χ4n) is 1.66. The Labute approximate surface area is 136 Å². The molecule has 124 valence electrons. The van der Waals surface area contributed by atoms with Crippen LogP contribution >= 0.6 is 11.8 Å². The van der Waals surface area contributed by atoms with E-state index in [9.17, 15) is 9.90 Å². The molecule has 0 bridgehead atoms. The summed E-state index contributed by atoms with van der Waals surface area (Å²) >= 11 is 1.64. The summed E-state index contributed by atoms with van der Waals surface area (Å²) < 4.78 is 10.3. The molecule has 2 N–H and O–H groups in total. The van der Waals surface area contributed by atoms with Gasteiger partial charge in [-0.2, -0.15) is 11.8 Å². The molecule has 1 amide bonds. The third-order valence-electron chi connectivity index (χ3n) is 2.69. The van der Waals surface area contributed by atoms with Crippen LogP contribution in [0.25, 0.3) is 0 Å². The zero-order valence-electron chi connectivity index (χ0n) is 13.6. The number of thioether (sulfide) groups is 1. The maximum absolute atomic E-state index is 11.7. The van der Waals surface area contributed by atoms with Gasteiger partial charge in [-0.15, -0.1) is 0 Å². The molecule has 0 spiro atoms. The molecule has 1 aromatic carbocycles. The summed E-state index contributed by atoms with van der Waals surface area (Å²) in [6.07, 6.45) is -0.503. The molecule has 0 fully saturated rings. The van der Waals surface area contributed by atoms with Crippen molar-refractivity contribution < 1.29 is 19.4 Å². The first kappa shape index (κ1) is 18.6. The van der Waals surface area contributed by atoms with Gasteiger partial charge in [-0.1, -0.05) is 12.1 Å². The second-order valence-electron chi connectivity index (χ2n) is 5.89. The normalized spacial score (nSPS) is 12.6. The van der Waals surface area contributed by atoms with E-state index in [0.717, 1.165) is 11.5 Å². The van der Waals surface area contributed by atoms with Crippen LogP contribution in [0.5, 0.6) is 5.75 Å². The molecule has 0 aliphatic carbocycles. The number of aliphatic hydroxyl groups excluding tert-OH is 1. The number of ether oxygens (including phenoxy) is 2. The molecule has 5 nitrogen and oxygen atoms in total. The molecule has 22 heavy (non-hydrogen) atoms. The van der Waals surface area contributed by atoms with Crippen LogP contribution < -0.4 is 10.1 Å². The van der Waals surface area contributed by atoms with Crippen LogP contribution in [0, 0.1) is 0 Å². The standard InChI is InChI=1S/C16H25NO4S/c1-16(2,3)21-15(19)17-13(9-18)11-22-10-12-5-7-14(20-4)8-6-12/h5-8,13,18H,9-11H2,1-4H3,(H,17,19). The van der Waals surface area contributed by atoms with Crippen LogP contribution in [-0.2, 0) is 10.5 Å². The smallest absolute Gasteiger partial charge is 0.407 e. The zero-order chi connectivity index (χ0) is 16.6. The molecule has 1 aromatic rings. The second kappa shape index (κ2) is 8.90. The minimum absolute atomic E-state index is 0.116. The van der Waals surface area contributed by atoms with E-state index in [1.807, 2.05) is 24.3 Å². The summed E-state index contributed by atoms with van der Waals surface area (Å²) in [5.74, 6) is 2.24. The van der Waals surface area contributed by atoms with Gasteiger partial charge in [0.25, 0.3) is 0 Å². The fraction of sp³-hybridized carbons (Fsp3) is 0.562. The number of carbonyl (C=O) groups is 1. The molecule has 0 radical (unpaired) electrons.